The van der Waals surface area contributed by atoms with E-state index in [2.05, 4.69) is 12.2 Å². The summed E-state index contributed by atoms with van der Waals surface area (Å²) in [7, 11) is 1.84. The van der Waals surface area contributed by atoms with Crippen LogP contribution in [0, 0.1) is 0 Å². The van der Waals surface area contributed by atoms with Crippen molar-refractivity contribution in [3.05, 3.63) is 0 Å². The zero-order valence-corrected chi connectivity index (χ0v) is 9.78. The van der Waals surface area contributed by atoms with Crippen molar-refractivity contribution in [1.82, 2.24) is 10.2 Å². The molecule has 0 aliphatic carbocycles. The van der Waals surface area contributed by atoms with E-state index in [9.17, 15) is 4.79 Å². The second-order valence-corrected chi connectivity index (χ2v) is 4.06. The van der Waals surface area contributed by atoms with E-state index >= 15 is 0 Å². The summed E-state index contributed by atoms with van der Waals surface area (Å²) in [6, 6.07) is 0.329. The molecule has 0 radical (unpaired) electrons. The van der Waals surface area contributed by atoms with Gasteiger partial charge in [0.25, 0.3) is 0 Å². The van der Waals surface area contributed by atoms with Gasteiger partial charge in [-0.3, -0.25) is 0 Å². The normalized spacial score (nSPS) is 12.3. The van der Waals surface area contributed by atoms with Crippen molar-refractivity contribution in [2.75, 3.05) is 25.6 Å². The molecule has 0 saturated carbocycles. The first-order valence-electron chi connectivity index (χ1n) is 4.63. The second kappa shape index (κ2) is 7.06. The van der Waals surface area contributed by atoms with Crippen molar-refractivity contribution in [1.29, 1.82) is 0 Å². The van der Waals surface area contributed by atoms with E-state index in [1.807, 2.05) is 20.2 Å². The van der Waals surface area contributed by atoms with Crippen molar-refractivity contribution in [3.63, 3.8) is 0 Å². The quantitative estimate of drug-likeness (QED) is 0.740. The van der Waals surface area contributed by atoms with Gasteiger partial charge in [0.1, 0.15) is 0 Å². The van der Waals surface area contributed by atoms with Gasteiger partial charge < -0.3 is 10.2 Å². The SMILES string of the molecule is CCCNC(=O)N(C)C(C)CSC. The van der Waals surface area contributed by atoms with Crippen LogP contribution in [0.1, 0.15) is 20.3 Å². The summed E-state index contributed by atoms with van der Waals surface area (Å²) in [6.07, 6.45) is 3.03. The third kappa shape index (κ3) is 5.03. The van der Waals surface area contributed by atoms with Gasteiger partial charge in [0.15, 0.2) is 0 Å². The Morgan fingerprint density at radius 3 is 2.69 bits per heavy atom. The van der Waals surface area contributed by atoms with Crippen LogP contribution in [0.4, 0.5) is 4.79 Å². The molecule has 78 valence electrons. The Morgan fingerprint density at radius 1 is 1.62 bits per heavy atom. The molecule has 0 rings (SSSR count). The van der Waals surface area contributed by atoms with E-state index in [0.717, 1.165) is 18.7 Å². The Bertz CT molecular complexity index is 153. The highest BCUT2D eigenvalue weighted by Crippen LogP contribution is 2.03. The minimum Gasteiger partial charge on any atom is -0.338 e. The van der Waals surface area contributed by atoms with Gasteiger partial charge in [-0.15, -0.1) is 0 Å². The predicted molar refractivity (Wildman–Crippen MR) is 59.3 cm³/mol. The molecule has 2 amide bonds. The van der Waals surface area contributed by atoms with Crippen LogP contribution in [0.3, 0.4) is 0 Å². The average Bonchev–Trinajstić information content (AvgIpc) is 2.13. The number of urea groups is 1. The lowest BCUT2D eigenvalue weighted by Crippen LogP contribution is -2.43. The average molecular weight is 204 g/mol. The van der Waals surface area contributed by atoms with Crippen molar-refractivity contribution in [2.24, 2.45) is 0 Å². The van der Waals surface area contributed by atoms with Crippen molar-refractivity contribution < 1.29 is 4.79 Å². The number of nitrogens with one attached hydrogen (secondary N) is 1. The number of hydrogen-bond acceptors (Lipinski definition) is 2. The van der Waals surface area contributed by atoms with Crippen LogP contribution in [-0.4, -0.2) is 42.6 Å². The first kappa shape index (κ1) is 12.6. The summed E-state index contributed by atoms with van der Waals surface area (Å²) in [4.78, 5) is 13.2. The molecular formula is C9H20N2OS. The van der Waals surface area contributed by atoms with E-state index in [1.165, 1.54) is 0 Å². The molecule has 13 heavy (non-hydrogen) atoms. The molecule has 1 unspecified atom stereocenters. The van der Waals surface area contributed by atoms with Gasteiger partial charge in [-0.25, -0.2) is 4.79 Å². The summed E-state index contributed by atoms with van der Waals surface area (Å²) in [6.45, 7) is 4.86. The molecule has 1 N–H and O–H groups in total. The lowest BCUT2D eigenvalue weighted by molar-refractivity contribution is 0.198. The van der Waals surface area contributed by atoms with Crippen LogP contribution in [0.15, 0.2) is 0 Å². The largest absolute Gasteiger partial charge is 0.338 e. The number of rotatable bonds is 5. The van der Waals surface area contributed by atoms with Gasteiger partial charge in [-0.2, -0.15) is 11.8 Å². The van der Waals surface area contributed by atoms with Crippen LogP contribution in [0.2, 0.25) is 0 Å². The van der Waals surface area contributed by atoms with Crippen LogP contribution in [0.5, 0.6) is 0 Å². The monoisotopic (exact) mass is 204 g/mol. The summed E-state index contributed by atoms with van der Waals surface area (Å²) in [5.74, 6) is 0.982. The van der Waals surface area contributed by atoms with Gasteiger partial charge in [0, 0.05) is 25.4 Å². The standard InChI is InChI=1S/C9H20N2OS/c1-5-6-10-9(12)11(3)8(2)7-13-4/h8H,5-7H2,1-4H3,(H,10,12). The molecule has 1 atom stereocenters. The molecular weight excluding hydrogens is 184 g/mol. The first-order chi connectivity index (χ1) is 6.13. The minimum atomic E-state index is 0.0309. The molecule has 0 aromatic heterocycles. The van der Waals surface area contributed by atoms with E-state index in [4.69, 9.17) is 0 Å². The fourth-order valence-electron chi connectivity index (χ4n) is 0.910. The van der Waals surface area contributed by atoms with Crippen molar-refractivity contribution in [3.8, 4) is 0 Å². The Morgan fingerprint density at radius 2 is 2.23 bits per heavy atom. The van der Waals surface area contributed by atoms with Gasteiger partial charge in [0.2, 0.25) is 0 Å². The van der Waals surface area contributed by atoms with Crippen LogP contribution in [-0.2, 0) is 0 Å². The highest BCUT2D eigenvalue weighted by Gasteiger charge is 2.13. The van der Waals surface area contributed by atoms with E-state index < -0.39 is 0 Å². The van der Waals surface area contributed by atoms with Gasteiger partial charge in [-0.05, 0) is 19.6 Å². The molecule has 0 aromatic carbocycles. The third-order valence-corrected chi connectivity index (χ3v) is 2.73. The second-order valence-electron chi connectivity index (χ2n) is 3.15. The third-order valence-electron chi connectivity index (χ3n) is 1.92. The maximum absolute atomic E-state index is 11.4. The number of carbonyl (C=O) groups is 1. The lowest BCUT2D eigenvalue weighted by Gasteiger charge is -2.24. The summed E-state index contributed by atoms with van der Waals surface area (Å²) in [5, 5.41) is 2.85. The van der Waals surface area contributed by atoms with Gasteiger partial charge in [-0.1, -0.05) is 6.92 Å². The van der Waals surface area contributed by atoms with Crippen LogP contribution < -0.4 is 5.32 Å². The minimum absolute atomic E-state index is 0.0309. The maximum atomic E-state index is 11.4. The topological polar surface area (TPSA) is 32.3 Å². The Hall–Kier alpha value is -0.380. The van der Waals surface area contributed by atoms with E-state index in [0.29, 0.717) is 6.04 Å². The van der Waals surface area contributed by atoms with E-state index in [1.54, 1.807) is 16.7 Å². The molecule has 0 aromatic rings. The molecule has 0 aliphatic rings. The zero-order chi connectivity index (χ0) is 10.3. The summed E-state index contributed by atoms with van der Waals surface area (Å²) >= 11 is 1.76. The van der Waals surface area contributed by atoms with Crippen molar-refractivity contribution >= 4 is 17.8 Å². The Labute approximate surface area is 85.3 Å². The highest BCUT2D eigenvalue weighted by atomic mass is 32.2. The van der Waals surface area contributed by atoms with Crippen LogP contribution in [0.25, 0.3) is 0 Å². The van der Waals surface area contributed by atoms with Gasteiger partial charge >= 0.3 is 6.03 Å². The molecule has 0 saturated heterocycles. The Balaban J connectivity index is 3.79. The smallest absolute Gasteiger partial charge is 0.317 e. The van der Waals surface area contributed by atoms with Crippen molar-refractivity contribution in [2.45, 2.75) is 26.3 Å². The summed E-state index contributed by atoms with van der Waals surface area (Å²) in [5.41, 5.74) is 0. The molecule has 4 heteroatoms. The van der Waals surface area contributed by atoms with Crippen LogP contribution >= 0.6 is 11.8 Å². The number of hydrogen-bond donors (Lipinski definition) is 1. The fourth-order valence-corrected chi connectivity index (χ4v) is 1.62. The molecule has 0 heterocycles. The summed E-state index contributed by atoms with van der Waals surface area (Å²) < 4.78 is 0. The van der Waals surface area contributed by atoms with Gasteiger partial charge in [0.05, 0.1) is 0 Å². The first-order valence-corrected chi connectivity index (χ1v) is 6.02. The zero-order valence-electron chi connectivity index (χ0n) is 8.96. The molecule has 3 nitrogen and oxygen atoms in total. The predicted octanol–water partition coefficient (Wildman–Crippen LogP) is 1.79. The number of carbonyl (C=O) groups excluding carboxylic acids is 1. The fraction of sp³-hybridized carbons (Fsp3) is 0.889. The lowest BCUT2D eigenvalue weighted by atomic mass is 10.3. The highest BCUT2D eigenvalue weighted by molar-refractivity contribution is 7.98. The maximum Gasteiger partial charge on any atom is 0.317 e. The molecule has 0 fully saturated rings. The number of amides is 2. The molecule has 0 aliphatic heterocycles. The number of nitrogens with zero attached hydrogens (tertiary/aromatic N) is 1. The number of thioether (sulfide) groups is 1. The molecule has 0 bridgehead atoms. The molecule has 0 spiro atoms. The van der Waals surface area contributed by atoms with E-state index in [-0.39, 0.29) is 6.03 Å². The Kier molecular flexibility index (Phi) is 6.86.